The number of amides is 1. The molecule has 0 saturated carbocycles. The van der Waals surface area contributed by atoms with E-state index in [1.165, 1.54) is 7.11 Å². The van der Waals surface area contributed by atoms with E-state index in [4.69, 9.17) is 19.6 Å². The van der Waals surface area contributed by atoms with Crippen LogP contribution in [0.4, 0.5) is 5.69 Å². The van der Waals surface area contributed by atoms with Crippen LogP contribution in [0.5, 0.6) is 11.5 Å². The minimum absolute atomic E-state index is 0.302. The Labute approximate surface area is 210 Å². The average molecular weight is 490 g/mol. The molecule has 0 atom stereocenters. The molecule has 2 heterocycles. The molecule has 0 aliphatic carbocycles. The molecule has 2 aromatic carbocycles. The topological polar surface area (TPSA) is 116 Å². The number of pyridine rings is 1. The lowest BCUT2D eigenvalue weighted by atomic mass is 10.1. The molecule has 1 amide bonds. The van der Waals surface area contributed by atoms with E-state index in [1.807, 2.05) is 24.3 Å². The van der Waals surface area contributed by atoms with Crippen LogP contribution in [-0.4, -0.2) is 54.6 Å². The predicted octanol–water partition coefficient (Wildman–Crippen LogP) is 4.33. The third kappa shape index (κ3) is 5.81. The number of oxazole rings is 1. The third-order valence-electron chi connectivity index (χ3n) is 5.71. The van der Waals surface area contributed by atoms with Crippen molar-refractivity contribution in [1.29, 1.82) is 0 Å². The van der Waals surface area contributed by atoms with Crippen LogP contribution in [-0.2, 0) is 6.54 Å². The number of fused-ring (bicyclic) bond motifs is 1. The first-order valence-corrected chi connectivity index (χ1v) is 11.9. The molecule has 3 N–H and O–H groups in total. The van der Waals surface area contributed by atoms with Gasteiger partial charge in [-0.3, -0.25) is 9.69 Å². The van der Waals surface area contributed by atoms with Crippen LogP contribution in [0.25, 0.3) is 22.7 Å². The zero-order chi connectivity index (χ0) is 25.5. The quantitative estimate of drug-likeness (QED) is 0.320. The van der Waals surface area contributed by atoms with Gasteiger partial charge >= 0.3 is 0 Å². The van der Waals surface area contributed by atoms with Gasteiger partial charge in [-0.15, -0.1) is 0 Å². The van der Waals surface area contributed by atoms with E-state index in [2.05, 4.69) is 27.1 Å². The Bertz CT molecular complexity index is 1300. The molecule has 0 unspecified atom stereocenters. The zero-order valence-electron chi connectivity index (χ0n) is 20.8. The van der Waals surface area contributed by atoms with Crippen LogP contribution in [0, 0.1) is 0 Å². The van der Waals surface area contributed by atoms with Gasteiger partial charge in [0.2, 0.25) is 5.89 Å². The Morgan fingerprint density at radius 2 is 1.97 bits per heavy atom. The summed E-state index contributed by atoms with van der Waals surface area (Å²) >= 11 is 0. The fourth-order valence-electron chi connectivity index (χ4n) is 4.08. The maximum absolute atomic E-state index is 13.2. The summed E-state index contributed by atoms with van der Waals surface area (Å²) in [7, 11) is 3.08. The van der Waals surface area contributed by atoms with Crippen molar-refractivity contribution in [3.05, 3.63) is 65.9 Å². The van der Waals surface area contributed by atoms with Crippen molar-refractivity contribution in [3.63, 3.8) is 0 Å². The second-order valence-corrected chi connectivity index (χ2v) is 8.35. The fraction of sp³-hybridized carbons (Fsp3) is 0.296. The first kappa shape index (κ1) is 25.2. The molecule has 0 bridgehead atoms. The minimum atomic E-state index is -0.302. The molecule has 0 spiro atoms. The lowest BCUT2D eigenvalue weighted by Crippen LogP contribution is -2.29. The minimum Gasteiger partial charge on any atom is -0.497 e. The van der Waals surface area contributed by atoms with E-state index in [-0.39, 0.29) is 5.91 Å². The molecule has 2 aromatic heterocycles. The number of anilines is 1. The monoisotopic (exact) mass is 489 g/mol. The molecule has 4 aromatic rings. The summed E-state index contributed by atoms with van der Waals surface area (Å²) < 4.78 is 16.6. The predicted molar refractivity (Wildman–Crippen MR) is 139 cm³/mol. The number of carbonyl (C=O) groups is 1. The summed E-state index contributed by atoms with van der Waals surface area (Å²) in [4.78, 5) is 24.3. The lowest BCUT2D eigenvalue weighted by Gasteiger charge is -2.21. The van der Waals surface area contributed by atoms with Gasteiger partial charge in [0.1, 0.15) is 11.5 Å². The van der Waals surface area contributed by atoms with E-state index in [9.17, 15) is 4.79 Å². The maximum atomic E-state index is 13.2. The van der Waals surface area contributed by atoms with Gasteiger partial charge in [0.25, 0.3) is 5.91 Å². The second-order valence-electron chi connectivity index (χ2n) is 8.35. The number of carbonyl (C=O) groups excluding carboxylic acids is 1. The molecule has 9 nitrogen and oxygen atoms in total. The molecule has 0 saturated heterocycles. The molecule has 0 fully saturated rings. The lowest BCUT2D eigenvalue weighted by molar-refractivity contribution is 0.102. The van der Waals surface area contributed by atoms with E-state index in [1.54, 1.807) is 37.6 Å². The fourth-order valence-corrected chi connectivity index (χ4v) is 4.08. The number of hydrogen-bond donors (Lipinski definition) is 2. The van der Waals surface area contributed by atoms with Gasteiger partial charge in [-0.2, -0.15) is 4.98 Å². The smallest absolute Gasteiger partial charge is 0.259 e. The highest BCUT2D eigenvalue weighted by molar-refractivity contribution is 6.06. The number of methoxy groups -OCH3 is 2. The zero-order valence-corrected chi connectivity index (χ0v) is 20.8. The molecular weight excluding hydrogens is 458 g/mol. The molecule has 0 aliphatic rings. The van der Waals surface area contributed by atoms with Gasteiger partial charge < -0.3 is 24.9 Å². The normalized spacial score (nSPS) is 11.1. The van der Waals surface area contributed by atoms with Crippen molar-refractivity contribution in [2.24, 2.45) is 5.73 Å². The molecule has 36 heavy (non-hydrogen) atoms. The highest BCUT2D eigenvalue weighted by Gasteiger charge is 2.17. The number of ether oxygens (including phenoxy) is 2. The van der Waals surface area contributed by atoms with Crippen LogP contribution in [0.2, 0.25) is 0 Å². The third-order valence-corrected chi connectivity index (χ3v) is 5.71. The van der Waals surface area contributed by atoms with Crippen LogP contribution >= 0.6 is 0 Å². The summed E-state index contributed by atoms with van der Waals surface area (Å²) in [5.41, 5.74) is 9.72. The number of benzene rings is 2. The average Bonchev–Trinajstić information content (AvgIpc) is 3.33. The molecular formula is C27H31N5O4. The number of hydrogen-bond acceptors (Lipinski definition) is 8. The maximum Gasteiger partial charge on any atom is 0.259 e. The van der Waals surface area contributed by atoms with Crippen LogP contribution in [0.1, 0.15) is 29.3 Å². The van der Waals surface area contributed by atoms with Gasteiger partial charge in [0.15, 0.2) is 11.2 Å². The van der Waals surface area contributed by atoms with Crippen molar-refractivity contribution in [2.75, 3.05) is 39.2 Å². The summed E-state index contributed by atoms with van der Waals surface area (Å²) in [6, 6.07) is 14.5. The molecule has 9 heteroatoms. The van der Waals surface area contributed by atoms with Crippen molar-refractivity contribution < 1.29 is 18.7 Å². The summed E-state index contributed by atoms with van der Waals surface area (Å²) in [6.07, 6.45) is 2.69. The van der Waals surface area contributed by atoms with Crippen molar-refractivity contribution in [2.45, 2.75) is 19.9 Å². The van der Waals surface area contributed by atoms with Gasteiger partial charge in [-0.05, 0) is 61.0 Å². The Kier molecular flexibility index (Phi) is 8.14. The number of nitrogens with zero attached hydrogens (tertiary/aromatic N) is 3. The standard InChI is InChI=1S/C27H31N5O4/c1-4-11-32(12-9-28)17-18-13-19(27-31-25-23(36-27)6-5-10-29-25)15-20(14-18)30-26(33)22-8-7-21(34-2)16-24(22)35-3/h5-8,10,13-16H,4,9,11-12,17,28H2,1-3H3,(H,30,33). The van der Waals surface area contributed by atoms with Crippen molar-refractivity contribution in [3.8, 4) is 23.0 Å². The van der Waals surface area contributed by atoms with Gasteiger partial charge in [0, 0.05) is 43.1 Å². The molecule has 4 rings (SSSR count). The number of nitrogens with one attached hydrogen (secondary N) is 1. The van der Waals surface area contributed by atoms with E-state index in [0.717, 1.165) is 30.6 Å². The van der Waals surface area contributed by atoms with Gasteiger partial charge in [0.05, 0.1) is 19.8 Å². The molecule has 188 valence electrons. The van der Waals surface area contributed by atoms with E-state index >= 15 is 0 Å². The molecule has 0 radical (unpaired) electrons. The van der Waals surface area contributed by atoms with Crippen molar-refractivity contribution >= 4 is 22.8 Å². The van der Waals surface area contributed by atoms with E-state index in [0.29, 0.717) is 53.0 Å². The first-order valence-electron chi connectivity index (χ1n) is 11.9. The first-order chi connectivity index (χ1) is 17.5. The van der Waals surface area contributed by atoms with Gasteiger partial charge in [-0.25, -0.2) is 4.98 Å². The molecule has 0 aliphatic heterocycles. The van der Waals surface area contributed by atoms with Crippen LogP contribution in [0.15, 0.2) is 59.1 Å². The Morgan fingerprint density at radius 3 is 2.69 bits per heavy atom. The number of rotatable bonds is 11. The summed E-state index contributed by atoms with van der Waals surface area (Å²) in [6.45, 7) is 5.07. The van der Waals surface area contributed by atoms with Gasteiger partial charge in [-0.1, -0.05) is 6.92 Å². The Hall–Kier alpha value is -3.95. The Balaban J connectivity index is 1.70. The summed E-state index contributed by atoms with van der Waals surface area (Å²) in [5, 5.41) is 3.00. The van der Waals surface area contributed by atoms with Crippen LogP contribution in [0.3, 0.4) is 0 Å². The number of aromatic nitrogens is 2. The van der Waals surface area contributed by atoms with E-state index < -0.39 is 0 Å². The van der Waals surface area contributed by atoms with Crippen molar-refractivity contribution in [1.82, 2.24) is 14.9 Å². The number of nitrogens with two attached hydrogens (primary N) is 1. The SMILES string of the molecule is CCCN(CCN)Cc1cc(NC(=O)c2ccc(OC)cc2OC)cc(-c2nc3ncccc3o2)c1. The largest absolute Gasteiger partial charge is 0.497 e. The van der Waals surface area contributed by atoms with Crippen LogP contribution < -0.4 is 20.5 Å². The highest BCUT2D eigenvalue weighted by Crippen LogP contribution is 2.29. The Morgan fingerprint density at radius 1 is 1.11 bits per heavy atom. The second kappa shape index (κ2) is 11.7. The summed E-state index contributed by atoms with van der Waals surface area (Å²) in [5.74, 6) is 1.16. The highest BCUT2D eigenvalue weighted by atomic mass is 16.5.